The summed E-state index contributed by atoms with van der Waals surface area (Å²) in [5.41, 5.74) is 3.01. The van der Waals surface area contributed by atoms with Gasteiger partial charge in [-0.15, -0.1) is 10.2 Å². The van der Waals surface area contributed by atoms with Crippen LogP contribution in [0.15, 0.2) is 89.9 Å². The van der Waals surface area contributed by atoms with E-state index in [9.17, 15) is 14.4 Å². The van der Waals surface area contributed by atoms with Gasteiger partial charge in [0.15, 0.2) is 5.78 Å². The second kappa shape index (κ2) is 12.6. The number of halogens is 1. The van der Waals surface area contributed by atoms with Crippen molar-refractivity contribution < 1.29 is 14.3 Å². The maximum atomic E-state index is 13.8. The molecule has 3 aromatic carbocycles. The van der Waals surface area contributed by atoms with Crippen LogP contribution in [0.2, 0.25) is 5.02 Å². The average molecular weight is 583 g/mol. The van der Waals surface area contributed by atoms with Crippen molar-refractivity contribution >= 4 is 29.0 Å². The Morgan fingerprint density at radius 3 is 2.45 bits per heavy atom. The van der Waals surface area contributed by atoms with E-state index in [4.69, 9.17) is 16.3 Å². The topological polar surface area (TPSA) is 132 Å². The van der Waals surface area contributed by atoms with Crippen molar-refractivity contribution in [1.82, 2.24) is 25.2 Å². The van der Waals surface area contributed by atoms with E-state index < -0.39 is 17.5 Å². The summed E-state index contributed by atoms with van der Waals surface area (Å²) < 4.78 is 7.04. The molecule has 0 radical (unpaired) electrons. The molecule has 0 fully saturated rings. The SMILES string of the molecule is CCC(=O)c1ccc(Cl)cc1-c1cc(=O)n([C@@H](Cc2ccccc2)C(=O)Nc2ccc(-c3nn[nH]n3)cc2)cc1OC. The van der Waals surface area contributed by atoms with Crippen LogP contribution >= 0.6 is 11.6 Å². The standard InChI is InChI=1S/C31H27ClN6O4/c1-3-27(39)23-14-11-21(32)16-24(23)25-17-29(40)38(18-28(25)42-2)26(15-19-7-5-4-6-8-19)31(41)33-22-12-9-20(10-13-22)30-34-36-37-35-30/h4-14,16-18,26H,3,15H2,1-2H3,(H,33,41)(H,34,35,36,37)/t26-/m0/s1. The van der Waals surface area contributed by atoms with Crippen LogP contribution in [0.5, 0.6) is 5.75 Å². The molecule has 212 valence electrons. The summed E-state index contributed by atoms with van der Waals surface area (Å²) in [7, 11) is 1.47. The lowest BCUT2D eigenvalue weighted by molar-refractivity contribution is -0.119. The maximum Gasteiger partial charge on any atom is 0.252 e. The minimum Gasteiger partial charge on any atom is -0.495 e. The van der Waals surface area contributed by atoms with Crippen molar-refractivity contribution in [2.75, 3.05) is 12.4 Å². The Bertz CT molecular complexity index is 1770. The zero-order valence-electron chi connectivity index (χ0n) is 22.9. The van der Waals surface area contributed by atoms with E-state index in [1.807, 2.05) is 30.3 Å². The molecule has 5 aromatic rings. The van der Waals surface area contributed by atoms with Crippen molar-refractivity contribution in [2.24, 2.45) is 0 Å². The van der Waals surface area contributed by atoms with Gasteiger partial charge >= 0.3 is 0 Å². The lowest BCUT2D eigenvalue weighted by atomic mass is 9.95. The summed E-state index contributed by atoms with van der Waals surface area (Å²) in [6, 6.07) is 21.8. The number of ether oxygens (including phenoxy) is 1. The number of H-pyrrole nitrogens is 1. The molecule has 1 amide bonds. The van der Waals surface area contributed by atoms with Crippen LogP contribution in [0, 0.1) is 0 Å². The number of benzene rings is 3. The number of methoxy groups -OCH3 is 1. The number of ketones is 1. The van der Waals surface area contributed by atoms with Gasteiger partial charge in [-0.3, -0.25) is 19.0 Å². The third kappa shape index (κ3) is 6.13. The summed E-state index contributed by atoms with van der Waals surface area (Å²) >= 11 is 6.28. The van der Waals surface area contributed by atoms with Gasteiger partial charge in [-0.1, -0.05) is 48.9 Å². The fourth-order valence-corrected chi connectivity index (χ4v) is 4.86. The Labute approximate surface area is 246 Å². The van der Waals surface area contributed by atoms with E-state index in [0.717, 1.165) is 11.1 Å². The molecular formula is C31H27ClN6O4. The molecule has 2 N–H and O–H groups in total. The molecule has 0 aliphatic heterocycles. The zero-order valence-corrected chi connectivity index (χ0v) is 23.6. The number of aromatic amines is 1. The summed E-state index contributed by atoms with van der Waals surface area (Å²) in [5.74, 6) is 0.252. The summed E-state index contributed by atoms with van der Waals surface area (Å²) in [5, 5.41) is 17.2. The molecule has 0 unspecified atom stereocenters. The van der Waals surface area contributed by atoms with Gasteiger partial charge in [0.25, 0.3) is 5.56 Å². The molecule has 0 spiro atoms. The normalized spacial score (nSPS) is 11.6. The van der Waals surface area contributed by atoms with Gasteiger partial charge in [-0.05, 0) is 58.8 Å². The van der Waals surface area contributed by atoms with Gasteiger partial charge in [0.2, 0.25) is 11.7 Å². The first-order valence-electron chi connectivity index (χ1n) is 13.2. The third-order valence-electron chi connectivity index (χ3n) is 6.82. The van der Waals surface area contributed by atoms with Gasteiger partial charge in [0.05, 0.1) is 13.3 Å². The molecule has 0 saturated carbocycles. The number of anilines is 1. The van der Waals surface area contributed by atoms with Crippen LogP contribution in [0.3, 0.4) is 0 Å². The smallest absolute Gasteiger partial charge is 0.252 e. The molecule has 1 atom stereocenters. The molecule has 42 heavy (non-hydrogen) atoms. The van der Waals surface area contributed by atoms with Crippen LogP contribution in [0.25, 0.3) is 22.5 Å². The Kier molecular flexibility index (Phi) is 8.54. The first-order valence-corrected chi connectivity index (χ1v) is 13.6. The number of amides is 1. The number of hydrogen-bond donors (Lipinski definition) is 2. The quantitative estimate of drug-likeness (QED) is 0.211. The number of carbonyl (C=O) groups excluding carboxylic acids is 2. The molecular weight excluding hydrogens is 556 g/mol. The summed E-state index contributed by atoms with van der Waals surface area (Å²) in [6.07, 6.45) is 2.03. The van der Waals surface area contributed by atoms with Crippen molar-refractivity contribution in [3.63, 3.8) is 0 Å². The molecule has 10 nitrogen and oxygen atoms in total. The van der Waals surface area contributed by atoms with Crippen LogP contribution < -0.4 is 15.6 Å². The molecule has 0 bridgehead atoms. The molecule has 0 saturated heterocycles. The van der Waals surface area contributed by atoms with Crippen LogP contribution in [0.4, 0.5) is 5.69 Å². The van der Waals surface area contributed by atoms with Crippen LogP contribution in [-0.4, -0.2) is 44.0 Å². The van der Waals surface area contributed by atoms with Crippen LogP contribution in [0.1, 0.15) is 35.3 Å². The van der Waals surface area contributed by atoms with E-state index in [0.29, 0.717) is 39.0 Å². The fraction of sp³-hybridized carbons (Fsp3) is 0.161. The van der Waals surface area contributed by atoms with E-state index >= 15 is 0 Å². The predicted molar refractivity (Wildman–Crippen MR) is 160 cm³/mol. The Balaban J connectivity index is 1.54. The number of aromatic nitrogens is 5. The van der Waals surface area contributed by atoms with E-state index in [1.165, 1.54) is 23.9 Å². The minimum absolute atomic E-state index is 0.0976. The average Bonchev–Trinajstić information content (AvgIpc) is 3.55. The molecule has 2 aromatic heterocycles. The highest BCUT2D eigenvalue weighted by molar-refractivity contribution is 6.31. The number of pyridine rings is 1. The highest BCUT2D eigenvalue weighted by atomic mass is 35.5. The number of hydrogen-bond acceptors (Lipinski definition) is 7. The van der Waals surface area contributed by atoms with Gasteiger partial charge in [-0.2, -0.15) is 5.21 Å². The first kappa shape index (κ1) is 28.4. The molecule has 5 rings (SSSR count). The van der Waals surface area contributed by atoms with Crippen LogP contribution in [-0.2, 0) is 11.2 Å². The second-order valence-electron chi connectivity index (χ2n) is 9.48. The lowest BCUT2D eigenvalue weighted by Crippen LogP contribution is -2.34. The fourth-order valence-electron chi connectivity index (χ4n) is 4.69. The van der Waals surface area contributed by atoms with E-state index in [2.05, 4.69) is 25.9 Å². The number of nitrogens with zero attached hydrogens (tertiary/aromatic N) is 4. The third-order valence-corrected chi connectivity index (χ3v) is 7.06. The number of rotatable bonds is 10. The Hall–Kier alpha value is -5.09. The highest BCUT2D eigenvalue weighted by Crippen LogP contribution is 2.34. The van der Waals surface area contributed by atoms with Gasteiger partial charge in [-0.25, -0.2) is 0 Å². The Morgan fingerprint density at radius 1 is 1.02 bits per heavy atom. The lowest BCUT2D eigenvalue weighted by Gasteiger charge is -2.22. The van der Waals surface area contributed by atoms with E-state index in [-0.39, 0.29) is 18.6 Å². The van der Waals surface area contributed by atoms with Crippen molar-refractivity contribution in [2.45, 2.75) is 25.8 Å². The first-order chi connectivity index (χ1) is 20.4. The Morgan fingerprint density at radius 2 is 1.79 bits per heavy atom. The largest absolute Gasteiger partial charge is 0.495 e. The molecule has 0 aliphatic carbocycles. The van der Waals surface area contributed by atoms with Gasteiger partial charge in [0.1, 0.15) is 11.8 Å². The van der Waals surface area contributed by atoms with Crippen molar-refractivity contribution in [3.8, 4) is 28.3 Å². The maximum absolute atomic E-state index is 13.8. The molecule has 11 heteroatoms. The summed E-state index contributed by atoms with van der Waals surface area (Å²) in [4.78, 5) is 40.1. The second-order valence-corrected chi connectivity index (χ2v) is 9.91. The number of Topliss-reactive ketones (excluding diaryl/α,β-unsaturated/α-hetero) is 1. The zero-order chi connectivity index (χ0) is 29.6. The van der Waals surface area contributed by atoms with E-state index in [1.54, 1.807) is 49.4 Å². The highest BCUT2D eigenvalue weighted by Gasteiger charge is 2.25. The van der Waals surface area contributed by atoms with Gasteiger partial charge < -0.3 is 10.1 Å². The summed E-state index contributed by atoms with van der Waals surface area (Å²) in [6.45, 7) is 1.77. The monoisotopic (exact) mass is 582 g/mol. The minimum atomic E-state index is -0.921. The number of nitrogens with one attached hydrogen (secondary N) is 2. The van der Waals surface area contributed by atoms with Crippen molar-refractivity contribution in [1.29, 1.82) is 0 Å². The number of tetrazole rings is 1. The molecule has 2 heterocycles. The van der Waals surface area contributed by atoms with Gasteiger partial charge in [0, 0.05) is 46.3 Å². The number of carbonyl (C=O) groups is 2. The predicted octanol–water partition coefficient (Wildman–Crippen LogP) is 5.37. The molecule has 0 aliphatic rings. The van der Waals surface area contributed by atoms with Crippen molar-refractivity contribution in [3.05, 3.63) is 112 Å².